The van der Waals surface area contributed by atoms with Crippen LogP contribution in [0.3, 0.4) is 0 Å². The first-order valence-corrected chi connectivity index (χ1v) is 10.5. The minimum absolute atomic E-state index is 0.0999. The van der Waals surface area contributed by atoms with Crippen LogP contribution in [0.1, 0.15) is 21.6 Å². The summed E-state index contributed by atoms with van der Waals surface area (Å²) in [6.45, 7) is 0.0999. The van der Waals surface area contributed by atoms with E-state index in [0.717, 1.165) is 24.3 Å². The number of hydrogen-bond donors (Lipinski definition) is 2. The van der Waals surface area contributed by atoms with Gasteiger partial charge in [-0.2, -0.15) is 13.2 Å². The van der Waals surface area contributed by atoms with Crippen molar-refractivity contribution in [2.45, 2.75) is 12.8 Å². The summed E-state index contributed by atoms with van der Waals surface area (Å²) in [5.74, 6) is -3.12. The van der Waals surface area contributed by atoms with E-state index in [1.54, 1.807) is 24.4 Å². The van der Waals surface area contributed by atoms with Crippen LogP contribution in [-0.4, -0.2) is 16.0 Å². The lowest BCUT2D eigenvalue weighted by atomic mass is 10.00. The highest BCUT2D eigenvalue weighted by atomic mass is 19.4. The number of amides is 1. The zero-order chi connectivity index (χ0) is 25.9. The average Bonchev–Trinajstić information content (AvgIpc) is 2.83. The van der Waals surface area contributed by atoms with Crippen molar-refractivity contribution >= 4 is 11.6 Å². The second-order valence-corrected chi connectivity index (χ2v) is 7.63. The molecule has 0 bridgehead atoms. The minimum Gasteiger partial charge on any atom is -0.507 e. The number of hydrogen-bond acceptors (Lipinski definition) is 4. The van der Waals surface area contributed by atoms with Crippen LogP contribution in [0.2, 0.25) is 0 Å². The van der Waals surface area contributed by atoms with Gasteiger partial charge in [0.2, 0.25) is 0 Å². The van der Waals surface area contributed by atoms with Crippen LogP contribution in [0.15, 0.2) is 79.0 Å². The number of pyridine rings is 1. The van der Waals surface area contributed by atoms with Gasteiger partial charge in [-0.1, -0.05) is 12.1 Å². The molecule has 0 saturated heterocycles. The molecule has 3 aromatic carbocycles. The number of alkyl halides is 3. The molecular formula is C26H17F5N2O3. The number of nitrogens with zero attached hydrogens (tertiary/aromatic N) is 1. The lowest BCUT2D eigenvalue weighted by molar-refractivity contribution is -0.137. The first-order chi connectivity index (χ1) is 17.1. The number of carbonyl (C=O) groups excluding carboxylic acids is 1. The smallest absolute Gasteiger partial charge is 0.416 e. The fourth-order valence-corrected chi connectivity index (χ4v) is 3.39. The Balaban J connectivity index is 1.62. The Kier molecular flexibility index (Phi) is 6.86. The molecule has 0 atom stereocenters. The fourth-order valence-electron chi connectivity index (χ4n) is 3.39. The van der Waals surface area contributed by atoms with Crippen molar-refractivity contribution in [3.8, 4) is 22.6 Å². The number of rotatable bonds is 6. The lowest BCUT2D eigenvalue weighted by Crippen LogP contribution is -2.14. The summed E-state index contributed by atoms with van der Waals surface area (Å²) in [5.41, 5.74) is -1.43. The van der Waals surface area contributed by atoms with Crippen molar-refractivity contribution in [3.63, 3.8) is 0 Å². The highest BCUT2D eigenvalue weighted by Crippen LogP contribution is 2.37. The molecule has 2 N–H and O–H groups in total. The van der Waals surface area contributed by atoms with E-state index in [1.165, 1.54) is 18.2 Å². The van der Waals surface area contributed by atoms with Gasteiger partial charge in [0.25, 0.3) is 5.91 Å². The Morgan fingerprint density at radius 2 is 1.72 bits per heavy atom. The Bertz CT molecular complexity index is 1410. The standard InChI is InChI=1S/C26H17F5N2O3/c27-16-5-8-19(22(28)12-16)20-7-4-15(26(29,30)31)11-23(20)33-25(35)21-9-6-18(13-24(21)34)36-14-17-3-1-2-10-32-17/h1-13,34H,14H2,(H,33,35). The number of aromatic nitrogens is 1. The third-order valence-corrected chi connectivity index (χ3v) is 5.14. The van der Waals surface area contributed by atoms with Crippen LogP contribution in [0, 0.1) is 11.6 Å². The van der Waals surface area contributed by atoms with E-state index in [9.17, 15) is 31.9 Å². The van der Waals surface area contributed by atoms with Crippen LogP contribution in [0.5, 0.6) is 11.5 Å². The number of carbonyl (C=O) groups is 1. The predicted molar refractivity (Wildman–Crippen MR) is 121 cm³/mol. The third kappa shape index (κ3) is 5.60. The molecule has 36 heavy (non-hydrogen) atoms. The number of halogens is 5. The van der Waals surface area contributed by atoms with Crippen molar-refractivity contribution in [1.29, 1.82) is 0 Å². The molecule has 0 aliphatic rings. The van der Waals surface area contributed by atoms with E-state index in [-0.39, 0.29) is 34.7 Å². The van der Waals surface area contributed by atoms with Crippen LogP contribution < -0.4 is 10.1 Å². The topological polar surface area (TPSA) is 71.5 Å². The summed E-state index contributed by atoms with van der Waals surface area (Å²) in [5, 5.41) is 12.6. The summed E-state index contributed by atoms with van der Waals surface area (Å²) in [6, 6.07) is 13.9. The zero-order valence-electron chi connectivity index (χ0n) is 18.3. The van der Waals surface area contributed by atoms with Gasteiger partial charge in [-0.25, -0.2) is 8.78 Å². The molecule has 0 unspecified atom stereocenters. The van der Waals surface area contributed by atoms with E-state index < -0.39 is 35.0 Å². The van der Waals surface area contributed by atoms with Gasteiger partial charge in [-0.05, 0) is 48.5 Å². The number of phenols is 1. The van der Waals surface area contributed by atoms with Crippen LogP contribution in [0.25, 0.3) is 11.1 Å². The highest BCUT2D eigenvalue weighted by molar-refractivity contribution is 6.08. The molecule has 5 nitrogen and oxygen atoms in total. The summed E-state index contributed by atoms with van der Waals surface area (Å²) in [6.07, 6.45) is -3.16. The van der Waals surface area contributed by atoms with Crippen LogP contribution in [0.4, 0.5) is 27.6 Å². The molecule has 4 aromatic rings. The van der Waals surface area contributed by atoms with Gasteiger partial charge in [-0.3, -0.25) is 9.78 Å². The number of benzene rings is 3. The van der Waals surface area contributed by atoms with E-state index in [0.29, 0.717) is 17.8 Å². The number of aromatic hydroxyl groups is 1. The van der Waals surface area contributed by atoms with Crippen molar-refractivity contribution < 1.29 is 36.6 Å². The molecule has 0 fully saturated rings. The molecule has 10 heteroatoms. The maximum Gasteiger partial charge on any atom is 0.416 e. The summed E-state index contributed by atoms with van der Waals surface area (Å²) in [4.78, 5) is 17.0. The molecule has 1 heterocycles. The van der Waals surface area contributed by atoms with Crippen LogP contribution >= 0.6 is 0 Å². The molecule has 0 aliphatic carbocycles. The molecule has 1 aromatic heterocycles. The Morgan fingerprint density at radius 3 is 2.39 bits per heavy atom. The first-order valence-electron chi connectivity index (χ1n) is 10.5. The van der Waals surface area contributed by atoms with E-state index in [4.69, 9.17) is 4.74 Å². The highest BCUT2D eigenvalue weighted by Gasteiger charge is 2.31. The SMILES string of the molecule is O=C(Nc1cc(C(F)(F)F)ccc1-c1ccc(F)cc1F)c1ccc(OCc2ccccn2)cc1O. The molecular weight excluding hydrogens is 483 g/mol. The average molecular weight is 500 g/mol. The Morgan fingerprint density at radius 1 is 0.944 bits per heavy atom. The monoisotopic (exact) mass is 500 g/mol. The van der Waals surface area contributed by atoms with E-state index >= 15 is 0 Å². The maximum absolute atomic E-state index is 14.4. The molecule has 0 aliphatic heterocycles. The van der Waals surface area contributed by atoms with Gasteiger partial charge in [0.05, 0.1) is 16.8 Å². The molecule has 1 amide bonds. The summed E-state index contributed by atoms with van der Waals surface area (Å²) >= 11 is 0. The Hall–Kier alpha value is -4.47. The first kappa shape index (κ1) is 24.6. The molecule has 184 valence electrons. The summed E-state index contributed by atoms with van der Waals surface area (Å²) in [7, 11) is 0. The third-order valence-electron chi connectivity index (χ3n) is 5.14. The Labute approximate surface area is 201 Å². The maximum atomic E-state index is 14.4. The van der Waals surface area contributed by atoms with E-state index in [2.05, 4.69) is 10.3 Å². The van der Waals surface area contributed by atoms with Gasteiger partial charge in [0, 0.05) is 35.1 Å². The lowest BCUT2D eigenvalue weighted by Gasteiger charge is -2.16. The van der Waals surface area contributed by atoms with E-state index in [1.807, 2.05) is 0 Å². The molecule has 0 radical (unpaired) electrons. The number of nitrogens with one attached hydrogen (secondary N) is 1. The fraction of sp³-hybridized carbons (Fsp3) is 0.0769. The minimum atomic E-state index is -4.74. The quantitative estimate of drug-likeness (QED) is 0.293. The molecule has 0 saturated carbocycles. The van der Waals surface area contributed by atoms with Gasteiger partial charge < -0.3 is 15.2 Å². The van der Waals surface area contributed by atoms with Gasteiger partial charge in [0.1, 0.15) is 29.7 Å². The van der Waals surface area contributed by atoms with Gasteiger partial charge >= 0.3 is 6.18 Å². The van der Waals surface area contributed by atoms with Gasteiger partial charge in [0.15, 0.2) is 0 Å². The normalized spacial score (nSPS) is 11.2. The predicted octanol–water partition coefficient (Wildman–Crippen LogP) is 6.58. The van der Waals surface area contributed by atoms with Crippen LogP contribution in [-0.2, 0) is 12.8 Å². The van der Waals surface area contributed by atoms with Crippen molar-refractivity contribution in [1.82, 2.24) is 4.98 Å². The zero-order valence-corrected chi connectivity index (χ0v) is 18.3. The summed E-state index contributed by atoms with van der Waals surface area (Å²) < 4.78 is 73.2. The van der Waals surface area contributed by atoms with Crippen molar-refractivity contribution in [2.24, 2.45) is 0 Å². The van der Waals surface area contributed by atoms with Crippen molar-refractivity contribution in [3.05, 3.63) is 107 Å². The largest absolute Gasteiger partial charge is 0.507 e. The number of anilines is 1. The molecule has 0 spiro atoms. The van der Waals surface area contributed by atoms with Gasteiger partial charge in [-0.15, -0.1) is 0 Å². The molecule has 4 rings (SSSR count). The van der Waals surface area contributed by atoms with Crippen molar-refractivity contribution in [2.75, 3.05) is 5.32 Å². The number of phenolic OH excluding ortho intramolecular Hbond substituents is 1. The second-order valence-electron chi connectivity index (χ2n) is 7.63. The second kappa shape index (κ2) is 10.0. The number of ether oxygens (including phenoxy) is 1.